The van der Waals surface area contributed by atoms with Crippen LogP contribution in [-0.2, 0) is 23.7 Å². The third kappa shape index (κ3) is 11.0. The van der Waals surface area contributed by atoms with Crippen molar-refractivity contribution in [3.8, 4) is 22.3 Å². The van der Waals surface area contributed by atoms with E-state index in [0.29, 0.717) is 11.8 Å². The lowest BCUT2D eigenvalue weighted by Crippen LogP contribution is -2.38. The number of nitrogens with one attached hydrogen (secondary N) is 4. The lowest BCUT2D eigenvalue weighted by atomic mass is 9.79. The van der Waals surface area contributed by atoms with Crippen molar-refractivity contribution in [1.29, 1.82) is 0 Å². The summed E-state index contributed by atoms with van der Waals surface area (Å²) in [6.45, 7) is 3.20. The van der Waals surface area contributed by atoms with E-state index in [1.807, 2.05) is 36.9 Å². The first-order valence-corrected chi connectivity index (χ1v) is 26.6. The number of benzene rings is 4. The summed E-state index contributed by atoms with van der Waals surface area (Å²) in [5.41, 5.74) is 14.6. The zero-order valence-electron chi connectivity index (χ0n) is 43.5. The van der Waals surface area contributed by atoms with Crippen LogP contribution in [-0.4, -0.2) is 62.9 Å². The molecule has 4 N–H and O–H groups in total. The minimum Gasteiger partial charge on any atom is -0.378 e. The van der Waals surface area contributed by atoms with Crippen molar-refractivity contribution in [2.75, 3.05) is 10.6 Å². The van der Waals surface area contributed by atoms with Gasteiger partial charge in [0.2, 0.25) is 11.8 Å². The van der Waals surface area contributed by atoms with Crippen LogP contribution >= 0.6 is 0 Å². The van der Waals surface area contributed by atoms with Gasteiger partial charge in [-0.3, -0.25) is 39.5 Å². The quantitative estimate of drug-likeness (QED) is 0.0924. The average molecular weight is 1010 g/mol. The van der Waals surface area contributed by atoms with Crippen LogP contribution in [0.4, 0.5) is 11.4 Å². The summed E-state index contributed by atoms with van der Waals surface area (Å²) in [7, 11) is 4.14. The molecule has 0 radical (unpaired) electrons. The molecule has 2 saturated carbocycles. The fourth-order valence-electron chi connectivity index (χ4n) is 11.8. The van der Waals surface area contributed by atoms with Gasteiger partial charge < -0.3 is 30.4 Å². The molecule has 10 aromatic rings. The molecule has 4 aromatic carbocycles. The molecular weight excluding hydrogens is 945 g/mol. The fourth-order valence-corrected chi connectivity index (χ4v) is 11.8. The number of aryl methyl sites for hydroxylation is 2. The molecule has 6 heterocycles. The largest absolute Gasteiger partial charge is 0.378 e. The van der Waals surface area contributed by atoms with E-state index in [-0.39, 0.29) is 36.0 Å². The average Bonchev–Trinajstić information content (AvgIpc) is 4.04. The van der Waals surface area contributed by atoms with Gasteiger partial charge in [-0.15, -0.1) is 0 Å². The molecule has 384 valence electrons. The van der Waals surface area contributed by atoms with Gasteiger partial charge in [-0.2, -0.15) is 0 Å². The molecular formula is C62H64N12O2. The molecule has 2 aliphatic carbocycles. The molecule has 0 saturated heterocycles. The monoisotopic (exact) mass is 1010 g/mol. The first kappa shape index (κ1) is 49.7. The predicted octanol–water partition coefficient (Wildman–Crippen LogP) is 12.1. The number of hydrogen-bond donors (Lipinski definition) is 4. The molecule has 76 heavy (non-hydrogen) atoms. The van der Waals surface area contributed by atoms with Crippen LogP contribution in [0.5, 0.6) is 0 Å². The maximum atomic E-state index is 11.6. The van der Waals surface area contributed by atoms with E-state index in [0.717, 1.165) is 107 Å². The Kier molecular flexibility index (Phi) is 14.5. The second-order valence-electron chi connectivity index (χ2n) is 20.7. The van der Waals surface area contributed by atoms with Crippen molar-refractivity contribution in [1.82, 2.24) is 49.7 Å². The molecule has 2 aliphatic rings. The molecule has 14 nitrogen and oxygen atoms in total. The number of carbonyl (C=O) groups is 2. The van der Waals surface area contributed by atoms with E-state index in [1.54, 1.807) is 38.6 Å². The Morgan fingerprint density at radius 1 is 0.500 bits per heavy atom. The van der Waals surface area contributed by atoms with Gasteiger partial charge in [-0.25, -0.2) is 0 Å². The van der Waals surface area contributed by atoms with Gasteiger partial charge in [-0.05, 0) is 157 Å². The minimum absolute atomic E-state index is 0.0497. The number of rotatable bonds is 12. The highest BCUT2D eigenvalue weighted by atomic mass is 16.2. The minimum atomic E-state index is 0.0497. The lowest BCUT2D eigenvalue weighted by molar-refractivity contribution is -0.120. The van der Waals surface area contributed by atoms with Crippen LogP contribution < -0.4 is 21.3 Å². The van der Waals surface area contributed by atoms with E-state index in [1.165, 1.54) is 32.9 Å². The Hall–Kier alpha value is -8.52. The molecule has 6 aromatic heterocycles. The second kappa shape index (κ2) is 22.1. The van der Waals surface area contributed by atoms with E-state index in [4.69, 9.17) is 9.97 Å². The molecule has 2 atom stereocenters. The van der Waals surface area contributed by atoms with Gasteiger partial charge in [0.05, 0.1) is 34.2 Å². The van der Waals surface area contributed by atoms with Crippen molar-refractivity contribution < 1.29 is 9.59 Å². The summed E-state index contributed by atoms with van der Waals surface area (Å²) in [4.78, 5) is 50.7. The van der Waals surface area contributed by atoms with E-state index >= 15 is 0 Å². The van der Waals surface area contributed by atoms with Gasteiger partial charge in [-0.1, -0.05) is 36.4 Å². The van der Waals surface area contributed by atoms with Crippen molar-refractivity contribution in [2.24, 2.45) is 25.9 Å². The summed E-state index contributed by atoms with van der Waals surface area (Å²) in [5.74, 6) is 0.942. The SMILES string of the molecule is CC(=O)NC1CCC([C@@H](Nc2cc(-c3ccc4ccn(C)c4c3)c3nccnc3c2)c2cccnc2)CC1.CC(=O)NC1CCC([C@H](Nc2cc(-c3ccc4ccn(C)c4c3)c3nccnc3c2)c2cccnc2)CC1. The summed E-state index contributed by atoms with van der Waals surface area (Å²) in [5, 5.41) is 16.4. The summed E-state index contributed by atoms with van der Waals surface area (Å²) < 4.78 is 4.29. The van der Waals surface area contributed by atoms with Crippen molar-refractivity contribution in [2.45, 2.75) is 89.4 Å². The van der Waals surface area contributed by atoms with Crippen molar-refractivity contribution in [3.05, 3.63) is 170 Å². The summed E-state index contributed by atoms with van der Waals surface area (Å²) in [6, 6.07) is 35.0. The van der Waals surface area contributed by atoms with Gasteiger partial charge in [0.15, 0.2) is 0 Å². The van der Waals surface area contributed by atoms with Crippen molar-refractivity contribution >= 4 is 67.1 Å². The van der Waals surface area contributed by atoms with E-state index < -0.39 is 0 Å². The number of hydrogen-bond acceptors (Lipinski definition) is 10. The number of carbonyl (C=O) groups excluding carboxylic acids is 2. The highest BCUT2D eigenvalue weighted by Gasteiger charge is 2.31. The first-order valence-electron chi connectivity index (χ1n) is 26.6. The fraction of sp³-hybridized carbons (Fsp3) is 0.290. The molecule has 0 aliphatic heterocycles. The molecule has 0 unspecified atom stereocenters. The number of anilines is 2. The standard InChI is InChI=1S/2C31H32N6O/c2*1-20(38)35-25-9-7-22(8-10-25)30(24-4-3-12-32-19-24)36-26-17-27(31-28(18-26)33-13-14-34-31)23-6-5-21-11-15-37(2)29(21)16-23/h2*3-6,11-19,22,25,30,36H,7-10H2,1-2H3,(H,35,38)/t2*22?,25?,30-/m10/s1. The molecule has 12 rings (SSSR count). The second-order valence-corrected chi connectivity index (χ2v) is 20.7. The van der Waals surface area contributed by atoms with E-state index in [9.17, 15) is 9.59 Å². The number of aromatic nitrogens is 8. The van der Waals surface area contributed by atoms with Gasteiger partial charge in [0.1, 0.15) is 0 Å². The summed E-state index contributed by atoms with van der Waals surface area (Å²) >= 11 is 0. The Morgan fingerprint density at radius 2 is 0.921 bits per heavy atom. The first-order chi connectivity index (χ1) is 37.1. The number of amides is 2. The molecule has 2 amide bonds. The highest BCUT2D eigenvalue weighted by molar-refractivity contribution is 5.98. The predicted molar refractivity (Wildman–Crippen MR) is 303 cm³/mol. The Morgan fingerprint density at radius 3 is 1.32 bits per heavy atom. The maximum absolute atomic E-state index is 11.6. The lowest BCUT2D eigenvalue weighted by Gasteiger charge is -2.35. The normalized spacial score (nSPS) is 18.4. The van der Waals surface area contributed by atoms with Crippen molar-refractivity contribution in [3.63, 3.8) is 0 Å². The third-order valence-corrected chi connectivity index (χ3v) is 15.6. The smallest absolute Gasteiger partial charge is 0.217 e. The van der Waals surface area contributed by atoms with Crippen LogP contribution in [0.25, 0.3) is 66.1 Å². The van der Waals surface area contributed by atoms with Crippen LogP contribution in [0.1, 0.15) is 88.4 Å². The van der Waals surface area contributed by atoms with Crippen LogP contribution in [0, 0.1) is 11.8 Å². The summed E-state index contributed by atoms with van der Waals surface area (Å²) in [6.07, 6.45) is 26.8. The van der Waals surface area contributed by atoms with Gasteiger partial charge >= 0.3 is 0 Å². The zero-order valence-corrected chi connectivity index (χ0v) is 43.5. The third-order valence-electron chi connectivity index (χ3n) is 15.6. The Labute approximate surface area is 442 Å². The zero-order chi connectivity index (χ0) is 52.1. The molecule has 0 bridgehead atoms. The Balaban J connectivity index is 0.000000162. The molecule has 2 fully saturated rings. The van der Waals surface area contributed by atoms with E-state index in [2.05, 4.69) is 162 Å². The molecule has 0 spiro atoms. The number of pyridine rings is 2. The molecule has 14 heteroatoms. The van der Waals surface area contributed by atoms with Gasteiger partial charge in [0, 0.05) is 136 Å². The maximum Gasteiger partial charge on any atom is 0.217 e. The van der Waals surface area contributed by atoms with Crippen LogP contribution in [0.15, 0.2) is 159 Å². The topological polar surface area (TPSA) is 169 Å². The van der Waals surface area contributed by atoms with Crippen LogP contribution in [0.2, 0.25) is 0 Å². The van der Waals surface area contributed by atoms with Gasteiger partial charge in [0.25, 0.3) is 0 Å². The number of fused-ring (bicyclic) bond motifs is 4. The highest BCUT2D eigenvalue weighted by Crippen LogP contribution is 2.41. The Bertz CT molecular complexity index is 3410. The van der Waals surface area contributed by atoms with Crippen LogP contribution in [0.3, 0.4) is 0 Å². The number of nitrogens with zero attached hydrogens (tertiary/aromatic N) is 8.